The molecular weight excluding hydrogens is 276 g/mol. The van der Waals surface area contributed by atoms with Crippen molar-refractivity contribution in [2.45, 2.75) is 0 Å². The van der Waals surface area contributed by atoms with Crippen molar-refractivity contribution in [3.63, 3.8) is 0 Å². The van der Waals surface area contributed by atoms with Gasteiger partial charge in [-0.25, -0.2) is 4.98 Å². The summed E-state index contributed by atoms with van der Waals surface area (Å²) in [5.41, 5.74) is 2.40. The van der Waals surface area contributed by atoms with E-state index in [0.29, 0.717) is 21.7 Å². The van der Waals surface area contributed by atoms with Crippen LogP contribution in [0.2, 0.25) is 5.02 Å². The molecule has 0 bridgehead atoms. The van der Waals surface area contributed by atoms with Crippen molar-refractivity contribution in [2.24, 2.45) is 0 Å². The van der Waals surface area contributed by atoms with E-state index in [2.05, 4.69) is 9.97 Å². The normalized spacial score (nSPS) is 10.7. The van der Waals surface area contributed by atoms with E-state index >= 15 is 0 Å². The number of rotatable bonds is 2. The van der Waals surface area contributed by atoms with E-state index in [0.717, 1.165) is 11.1 Å². The molecule has 1 aromatic heterocycles. The van der Waals surface area contributed by atoms with Crippen LogP contribution < -0.4 is 10.3 Å². The third-order valence-electron chi connectivity index (χ3n) is 3.13. The van der Waals surface area contributed by atoms with Gasteiger partial charge in [0.1, 0.15) is 5.75 Å². The molecule has 20 heavy (non-hydrogen) atoms. The predicted octanol–water partition coefficient (Wildman–Crippen LogP) is 3.25. The highest BCUT2D eigenvalue weighted by Gasteiger charge is 2.06. The van der Waals surface area contributed by atoms with Gasteiger partial charge in [-0.3, -0.25) is 4.79 Å². The maximum atomic E-state index is 11.6. The van der Waals surface area contributed by atoms with Crippen LogP contribution in [0.4, 0.5) is 0 Å². The van der Waals surface area contributed by atoms with Crippen molar-refractivity contribution in [1.82, 2.24) is 9.97 Å². The number of fused-ring (bicyclic) bond motifs is 1. The summed E-state index contributed by atoms with van der Waals surface area (Å²) in [7, 11) is 1.58. The number of nitrogens with one attached hydrogen (secondary N) is 1. The van der Waals surface area contributed by atoms with Crippen LogP contribution in [0, 0.1) is 0 Å². The monoisotopic (exact) mass is 286 g/mol. The van der Waals surface area contributed by atoms with Crippen LogP contribution in [0.3, 0.4) is 0 Å². The van der Waals surface area contributed by atoms with E-state index in [4.69, 9.17) is 16.3 Å². The van der Waals surface area contributed by atoms with Crippen LogP contribution in [-0.4, -0.2) is 17.1 Å². The summed E-state index contributed by atoms with van der Waals surface area (Å²) in [4.78, 5) is 18.4. The lowest BCUT2D eigenvalue weighted by atomic mass is 10.0. The van der Waals surface area contributed by atoms with E-state index in [1.165, 1.54) is 6.33 Å². The largest absolute Gasteiger partial charge is 0.495 e. The number of hydrogen-bond donors (Lipinski definition) is 1. The Balaban J connectivity index is 2.15. The number of nitrogens with zero attached hydrogens (tertiary/aromatic N) is 1. The summed E-state index contributed by atoms with van der Waals surface area (Å²) in [6, 6.07) is 11.1. The van der Waals surface area contributed by atoms with E-state index in [9.17, 15) is 4.79 Å². The maximum Gasteiger partial charge on any atom is 0.258 e. The molecule has 0 aliphatic heterocycles. The zero-order chi connectivity index (χ0) is 14.1. The summed E-state index contributed by atoms with van der Waals surface area (Å²) >= 11 is 6.13. The molecule has 4 nitrogen and oxygen atoms in total. The van der Waals surface area contributed by atoms with Crippen LogP contribution in [0.25, 0.3) is 22.0 Å². The van der Waals surface area contributed by atoms with Crippen LogP contribution in [0.1, 0.15) is 0 Å². The number of benzene rings is 2. The van der Waals surface area contributed by atoms with Crippen molar-refractivity contribution in [2.75, 3.05) is 7.11 Å². The number of hydrogen-bond acceptors (Lipinski definition) is 3. The molecule has 0 radical (unpaired) electrons. The maximum absolute atomic E-state index is 11.6. The topological polar surface area (TPSA) is 55.0 Å². The van der Waals surface area contributed by atoms with E-state index < -0.39 is 0 Å². The van der Waals surface area contributed by atoms with Gasteiger partial charge >= 0.3 is 0 Å². The first-order valence-electron chi connectivity index (χ1n) is 6.00. The first-order chi connectivity index (χ1) is 9.69. The summed E-state index contributed by atoms with van der Waals surface area (Å²) in [5, 5.41) is 1.11. The number of aromatic amines is 1. The lowest BCUT2D eigenvalue weighted by Gasteiger charge is -2.07. The molecule has 1 heterocycles. The number of methoxy groups -OCH3 is 1. The molecule has 0 saturated heterocycles. The molecule has 0 amide bonds. The van der Waals surface area contributed by atoms with E-state index in [1.54, 1.807) is 13.2 Å². The Hall–Kier alpha value is -2.33. The van der Waals surface area contributed by atoms with Gasteiger partial charge in [-0.2, -0.15) is 0 Å². The van der Waals surface area contributed by atoms with E-state index in [-0.39, 0.29) is 5.56 Å². The van der Waals surface area contributed by atoms with Crippen molar-refractivity contribution < 1.29 is 4.74 Å². The average Bonchev–Trinajstić information content (AvgIpc) is 2.47. The zero-order valence-electron chi connectivity index (χ0n) is 10.7. The molecule has 0 unspecified atom stereocenters. The van der Waals surface area contributed by atoms with Crippen LogP contribution >= 0.6 is 11.6 Å². The highest BCUT2D eigenvalue weighted by atomic mass is 35.5. The van der Waals surface area contributed by atoms with Gasteiger partial charge < -0.3 is 9.72 Å². The summed E-state index contributed by atoms with van der Waals surface area (Å²) in [5.74, 6) is 0.630. The van der Waals surface area contributed by atoms with Crippen LogP contribution in [0.15, 0.2) is 47.5 Å². The Labute approximate surface area is 120 Å². The summed E-state index contributed by atoms with van der Waals surface area (Å²) < 4.78 is 5.13. The quantitative estimate of drug-likeness (QED) is 0.787. The second-order valence-electron chi connectivity index (χ2n) is 4.31. The standard InChI is InChI=1S/C15H11ClN2O2/c1-20-14-5-3-9(6-12(14)16)10-2-4-11-13(7-10)17-8-18-15(11)19/h2-8H,1H3,(H,17,18,19). The Morgan fingerprint density at radius 3 is 2.65 bits per heavy atom. The van der Waals surface area contributed by atoms with Gasteiger partial charge in [0, 0.05) is 0 Å². The number of aromatic nitrogens is 2. The second kappa shape index (κ2) is 4.98. The molecule has 0 saturated carbocycles. The average molecular weight is 287 g/mol. The second-order valence-corrected chi connectivity index (χ2v) is 4.72. The predicted molar refractivity (Wildman–Crippen MR) is 79.4 cm³/mol. The van der Waals surface area contributed by atoms with Gasteiger partial charge in [-0.05, 0) is 35.4 Å². The van der Waals surface area contributed by atoms with Crippen LogP contribution in [-0.2, 0) is 0 Å². The first kappa shape index (κ1) is 12.7. The first-order valence-corrected chi connectivity index (χ1v) is 6.38. The molecule has 100 valence electrons. The fraction of sp³-hybridized carbons (Fsp3) is 0.0667. The SMILES string of the molecule is COc1ccc(-c2ccc3c(=O)[nH]cnc3c2)cc1Cl. The third kappa shape index (κ3) is 2.14. The molecule has 5 heteroatoms. The molecule has 0 spiro atoms. The highest BCUT2D eigenvalue weighted by molar-refractivity contribution is 6.32. The van der Waals surface area contributed by atoms with Gasteiger partial charge in [0.15, 0.2) is 0 Å². The summed E-state index contributed by atoms with van der Waals surface area (Å²) in [6.07, 6.45) is 1.40. The smallest absolute Gasteiger partial charge is 0.258 e. The molecule has 0 atom stereocenters. The molecule has 1 N–H and O–H groups in total. The Morgan fingerprint density at radius 2 is 1.90 bits per heavy atom. The van der Waals surface area contributed by atoms with Gasteiger partial charge in [0.05, 0.1) is 29.4 Å². The molecule has 0 fully saturated rings. The van der Waals surface area contributed by atoms with Crippen molar-refractivity contribution in [3.05, 3.63) is 58.1 Å². The van der Waals surface area contributed by atoms with Crippen molar-refractivity contribution >= 4 is 22.5 Å². The molecule has 0 aliphatic carbocycles. The number of H-pyrrole nitrogens is 1. The molecule has 3 rings (SSSR count). The van der Waals surface area contributed by atoms with Gasteiger partial charge in [-0.1, -0.05) is 23.7 Å². The third-order valence-corrected chi connectivity index (χ3v) is 3.42. The zero-order valence-corrected chi connectivity index (χ0v) is 11.4. The number of halogens is 1. The lowest BCUT2D eigenvalue weighted by Crippen LogP contribution is -2.05. The lowest BCUT2D eigenvalue weighted by molar-refractivity contribution is 0.415. The molecule has 0 aliphatic rings. The minimum atomic E-state index is -0.144. The van der Waals surface area contributed by atoms with Gasteiger partial charge in [0.2, 0.25) is 0 Å². The van der Waals surface area contributed by atoms with Crippen molar-refractivity contribution in [3.8, 4) is 16.9 Å². The Bertz CT molecular complexity index is 843. The number of ether oxygens (including phenoxy) is 1. The van der Waals surface area contributed by atoms with Gasteiger partial charge in [0.25, 0.3) is 5.56 Å². The minimum Gasteiger partial charge on any atom is -0.495 e. The highest BCUT2D eigenvalue weighted by Crippen LogP contribution is 2.30. The van der Waals surface area contributed by atoms with Gasteiger partial charge in [-0.15, -0.1) is 0 Å². The molecular formula is C15H11ClN2O2. The van der Waals surface area contributed by atoms with Crippen molar-refractivity contribution in [1.29, 1.82) is 0 Å². The Kier molecular flexibility index (Phi) is 3.16. The molecule has 3 aromatic rings. The summed E-state index contributed by atoms with van der Waals surface area (Å²) in [6.45, 7) is 0. The Morgan fingerprint density at radius 1 is 1.15 bits per heavy atom. The van der Waals surface area contributed by atoms with E-state index in [1.807, 2.05) is 30.3 Å². The fourth-order valence-electron chi connectivity index (χ4n) is 2.09. The van der Waals surface area contributed by atoms with Crippen LogP contribution in [0.5, 0.6) is 5.75 Å². The minimum absolute atomic E-state index is 0.144. The molecule has 2 aromatic carbocycles. The fourth-order valence-corrected chi connectivity index (χ4v) is 2.35.